The van der Waals surface area contributed by atoms with Gasteiger partial charge in [0.2, 0.25) is 0 Å². The standard InChI is InChI=1S/C13H15BrF2N2/c14-10-1-2-11-9(7-10)8-13(15,16)12(11)18-5-3-17-4-6-18/h1-2,7,12,17H,3-6,8H2. The minimum atomic E-state index is -2.65. The Labute approximate surface area is 113 Å². The molecule has 1 atom stereocenters. The van der Waals surface area contributed by atoms with Crippen molar-refractivity contribution in [3.8, 4) is 0 Å². The van der Waals surface area contributed by atoms with Crippen LogP contribution in [0.25, 0.3) is 0 Å². The second-order valence-electron chi connectivity index (χ2n) is 4.97. The molecule has 0 bridgehead atoms. The highest BCUT2D eigenvalue weighted by atomic mass is 79.9. The smallest absolute Gasteiger partial charge is 0.271 e. The third-order valence-electron chi connectivity index (χ3n) is 3.74. The van der Waals surface area contributed by atoms with E-state index in [0.717, 1.165) is 28.7 Å². The number of halogens is 3. The molecule has 1 aliphatic carbocycles. The first-order valence-corrected chi connectivity index (χ1v) is 6.98. The van der Waals surface area contributed by atoms with E-state index in [1.165, 1.54) is 0 Å². The molecule has 1 aromatic rings. The summed E-state index contributed by atoms with van der Waals surface area (Å²) in [4.78, 5) is 1.91. The molecule has 1 N–H and O–H groups in total. The van der Waals surface area contributed by atoms with Crippen molar-refractivity contribution in [1.82, 2.24) is 10.2 Å². The maximum atomic E-state index is 14.2. The summed E-state index contributed by atoms with van der Waals surface area (Å²) in [5, 5.41) is 3.20. The molecule has 1 heterocycles. The molecule has 1 fully saturated rings. The number of piperazine rings is 1. The van der Waals surface area contributed by atoms with E-state index in [-0.39, 0.29) is 6.42 Å². The lowest BCUT2D eigenvalue weighted by atomic mass is 10.1. The minimum Gasteiger partial charge on any atom is -0.314 e. The molecule has 2 nitrogen and oxygen atoms in total. The summed E-state index contributed by atoms with van der Waals surface area (Å²) in [6.45, 7) is 2.96. The molecule has 98 valence electrons. The van der Waals surface area contributed by atoms with Gasteiger partial charge in [-0.1, -0.05) is 22.0 Å². The van der Waals surface area contributed by atoms with E-state index in [0.29, 0.717) is 13.1 Å². The number of hydrogen-bond acceptors (Lipinski definition) is 2. The first-order valence-electron chi connectivity index (χ1n) is 6.19. The van der Waals surface area contributed by atoms with Gasteiger partial charge in [-0.25, -0.2) is 8.78 Å². The predicted molar refractivity (Wildman–Crippen MR) is 70.0 cm³/mol. The van der Waals surface area contributed by atoms with Gasteiger partial charge in [-0.3, -0.25) is 4.90 Å². The fourth-order valence-corrected chi connectivity index (χ4v) is 3.38. The van der Waals surface area contributed by atoms with Crippen LogP contribution in [-0.2, 0) is 6.42 Å². The fourth-order valence-electron chi connectivity index (χ4n) is 2.98. The molecular formula is C13H15BrF2N2. The van der Waals surface area contributed by atoms with Crippen LogP contribution in [0.5, 0.6) is 0 Å². The zero-order valence-electron chi connectivity index (χ0n) is 9.93. The van der Waals surface area contributed by atoms with Crippen LogP contribution in [0.15, 0.2) is 22.7 Å². The molecule has 3 rings (SSSR count). The summed E-state index contributed by atoms with van der Waals surface area (Å²) < 4.78 is 29.4. The second kappa shape index (κ2) is 4.54. The monoisotopic (exact) mass is 316 g/mol. The second-order valence-corrected chi connectivity index (χ2v) is 5.89. The van der Waals surface area contributed by atoms with E-state index in [1.807, 2.05) is 23.1 Å². The van der Waals surface area contributed by atoms with Crippen molar-refractivity contribution in [3.63, 3.8) is 0 Å². The molecule has 1 saturated heterocycles. The lowest BCUT2D eigenvalue weighted by Gasteiger charge is -2.36. The highest BCUT2D eigenvalue weighted by molar-refractivity contribution is 9.10. The molecule has 18 heavy (non-hydrogen) atoms. The van der Waals surface area contributed by atoms with Crippen molar-refractivity contribution < 1.29 is 8.78 Å². The zero-order chi connectivity index (χ0) is 12.8. The normalized spacial score (nSPS) is 27.2. The fraction of sp³-hybridized carbons (Fsp3) is 0.538. The summed E-state index contributed by atoms with van der Waals surface area (Å²) in [5.74, 6) is -2.65. The Balaban J connectivity index is 1.97. The third kappa shape index (κ3) is 2.08. The van der Waals surface area contributed by atoms with Crippen LogP contribution in [0.2, 0.25) is 0 Å². The van der Waals surface area contributed by atoms with Gasteiger partial charge in [0, 0.05) is 37.1 Å². The topological polar surface area (TPSA) is 15.3 Å². The van der Waals surface area contributed by atoms with Crippen LogP contribution in [-0.4, -0.2) is 37.0 Å². The molecule has 0 amide bonds. The van der Waals surface area contributed by atoms with Crippen LogP contribution >= 0.6 is 15.9 Å². The minimum absolute atomic E-state index is 0.142. The van der Waals surface area contributed by atoms with Gasteiger partial charge in [-0.15, -0.1) is 0 Å². The number of rotatable bonds is 1. The van der Waals surface area contributed by atoms with Crippen molar-refractivity contribution in [2.75, 3.05) is 26.2 Å². The lowest BCUT2D eigenvalue weighted by molar-refractivity contribution is -0.0741. The van der Waals surface area contributed by atoms with E-state index in [4.69, 9.17) is 0 Å². The maximum Gasteiger partial charge on any atom is 0.271 e. The largest absolute Gasteiger partial charge is 0.314 e. The van der Waals surface area contributed by atoms with Crippen molar-refractivity contribution in [2.24, 2.45) is 0 Å². The van der Waals surface area contributed by atoms with Gasteiger partial charge in [-0.2, -0.15) is 0 Å². The summed E-state index contributed by atoms with van der Waals surface area (Å²) in [7, 11) is 0. The number of nitrogens with zero attached hydrogens (tertiary/aromatic N) is 1. The molecule has 1 aliphatic heterocycles. The molecule has 5 heteroatoms. The van der Waals surface area contributed by atoms with Crippen LogP contribution < -0.4 is 5.32 Å². The van der Waals surface area contributed by atoms with Crippen LogP contribution in [0.3, 0.4) is 0 Å². The third-order valence-corrected chi connectivity index (χ3v) is 4.24. The molecule has 2 aliphatic rings. The van der Waals surface area contributed by atoms with Gasteiger partial charge in [0.15, 0.2) is 0 Å². The van der Waals surface area contributed by atoms with E-state index in [9.17, 15) is 8.78 Å². The zero-order valence-corrected chi connectivity index (χ0v) is 11.5. The number of nitrogens with one attached hydrogen (secondary N) is 1. The lowest BCUT2D eigenvalue weighted by Crippen LogP contribution is -2.48. The average Bonchev–Trinajstić information content (AvgIpc) is 2.59. The number of hydrogen-bond donors (Lipinski definition) is 1. The maximum absolute atomic E-state index is 14.2. The van der Waals surface area contributed by atoms with Gasteiger partial charge < -0.3 is 5.32 Å². The van der Waals surface area contributed by atoms with Crippen molar-refractivity contribution >= 4 is 15.9 Å². The first kappa shape index (κ1) is 12.5. The Bertz CT molecular complexity index is 458. The highest BCUT2D eigenvalue weighted by Crippen LogP contribution is 2.47. The summed E-state index contributed by atoms with van der Waals surface area (Å²) in [6, 6.07) is 4.77. The quantitative estimate of drug-likeness (QED) is 0.856. The van der Waals surface area contributed by atoms with Crippen molar-refractivity contribution in [1.29, 1.82) is 0 Å². The summed E-state index contributed by atoms with van der Waals surface area (Å²) in [5.41, 5.74) is 1.57. The van der Waals surface area contributed by atoms with Crippen molar-refractivity contribution in [3.05, 3.63) is 33.8 Å². The summed E-state index contributed by atoms with van der Waals surface area (Å²) >= 11 is 3.35. The highest BCUT2D eigenvalue weighted by Gasteiger charge is 2.50. The average molecular weight is 317 g/mol. The van der Waals surface area contributed by atoms with E-state index in [2.05, 4.69) is 21.2 Å². The van der Waals surface area contributed by atoms with Gasteiger partial charge in [-0.05, 0) is 23.3 Å². The van der Waals surface area contributed by atoms with Crippen LogP contribution in [0, 0.1) is 0 Å². The Morgan fingerprint density at radius 1 is 1.28 bits per heavy atom. The van der Waals surface area contributed by atoms with Gasteiger partial charge in [0.25, 0.3) is 5.92 Å². The number of fused-ring (bicyclic) bond motifs is 1. The van der Waals surface area contributed by atoms with Gasteiger partial charge >= 0.3 is 0 Å². The Morgan fingerprint density at radius 2 is 2.00 bits per heavy atom. The Hall–Kier alpha value is -0.520. The van der Waals surface area contributed by atoms with Crippen LogP contribution in [0.1, 0.15) is 17.2 Å². The summed E-state index contributed by atoms with van der Waals surface area (Å²) in [6.07, 6.45) is -0.142. The van der Waals surface area contributed by atoms with Gasteiger partial charge in [0.05, 0.1) is 6.04 Å². The van der Waals surface area contributed by atoms with Crippen molar-refractivity contribution in [2.45, 2.75) is 18.4 Å². The molecule has 0 spiro atoms. The molecule has 0 radical (unpaired) electrons. The Morgan fingerprint density at radius 3 is 2.72 bits per heavy atom. The molecule has 0 aromatic heterocycles. The van der Waals surface area contributed by atoms with E-state index >= 15 is 0 Å². The molecular weight excluding hydrogens is 302 g/mol. The SMILES string of the molecule is FC1(F)Cc2cc(Br)ccc2C1N1CCNCC1. The first-order chi connectivity index (χ1) is 8.58. The predicted octanol–water partition coefficient (Wildman–Crippen LogP) is 2.59. The molecule has 1 aromatic carbocycles. The molecule has 0 saturated carbocycles. The number of benzene rings is 1. The van der Waals surface area contributed by atoms with Gasteiger partial charge in [0.1, 0.15) is 0 Å². The Kier molecular flexibility index (Phi) is 3.16. The van der Waals surface area contributed by atoms with E-state index < -0.39 is 12.0 Å². The van der Waals surface area contributed by atoms with Crippen LogP contribution in [0.4, 0.5) is 8.78 Å². The van der Waals surface area contributed by atoms with E-state index in [1.54, 1.807) is 0 Å². The molecule has 1 unspecified atom stereocenters. The number of alkyl halides is 2.